The molecule has 1 saturated heterocycles. The van der Waals surface area contributed by atoms with Crippen LogP contribution in [0.4, 0.5) is 0 Å². The second-order valence-electron chi connectivity index (χ2n) is 6.46. The maximum atomic E-state index is 4.25. The molecule has 1 aromatic rings. The SMILES string of the molecule is Cn1nccc1CCN1CCNC(C2CCCCC2)C1. The van der Waals surface area contributed by atoms with Gasteiger partial charge in [-0.05, 0) is 24.8 Å². The molecule has 4 heteroatoms. The number of nitrogens with zero attached hydrogens (tertiary/aromatic N) is 3. The zero-order chi connectivity index (χ0) is 13.8. The molecule has 1 aromatic heterocycles. The highest BCUT2D eigenvalue weighted by molar-refractivity contribution is 5.00. The average molecular weight is 276 g/mol. The molecule has 0 aromatic carbocycles. The average Bonchev–Trinajstić information content (AvgIpc) is 2.92. The monoisotopic (exact) mass is 276 g/mol. The number of aryl methyl sites for hydroxylation is 1. The van der Waals surface area contributed by atoms with Crippen molar-refractivity contribution in [1.29, 1.82) is 0 Å². The van der Waals surface area contributed by atoms with Gasteiger partial charge in [-0.15, -0.1) is 0 Å². The van der Waals surface area contributed by atoms with Crippen molar-refractivity contribution in [2.24, 2.45) is 13.0 Å². The lowest BCUT2D eigenvalue weighted by molar-refractivity contribution is 0.147. The van der Waals surface area contributed by atoms with Crippen LogP contribution in [-0.4, -0.2) is 46.9 Å². The molecule has 1 saturated carbocycles. The number of nitrogens with one attached hydrogen (secondary N) is 1. The van der Waals surface area contributed by atoms with Crippen LogP contribution in [0, 0.1) is 5.92 Å². The van der Waals surface area contributed by atoms with E-state index in [2.05, 4.69) is 21.4 Å². The third kappa shape index (κ3) is 3.41. The standard InChI is InChI=1S/C16H28N4/c1-19-15(7-9-18-19)8-11-20-12-10-17-16(13-20)14-5-3-2-4-6-14/h7,9,14,16-17H,2-6,8,10-13H2,1H3. The molecule has 0 bridgehead atoms. The molecule has 4 nitrogen and oxygen atoms in total. The Hall–Kier alpha value is -0.870. The maximum Gasteiger partial charge on any atom is 0.0492 e. The first-order valence-electron chi connectivity index (χ1n) is 8.25. The fourth-order valence-corrected chi connectivity index (χ4v) is 3.82. The van der Waals surface area contributed by atoms with Crippen molar-refractivity contribution in [2.45, 2.75) is 44.6 Å². The molecule has 3 rings (SSSR count). The van der Waals surface area contributed by atoms with Crippen LogP contribution in [-0.2, 0) is 13.5 Å². The Kier molecular flexibility index (Phi) is 4.73. The van der Waals surface area contributed by atoms with E-state index in [9.17, 15) is 0 Å². The zero-order valence-corrected chi connectivity index (χ0v) is 12.7. The topological polar surface area (TPSA) is 33.1 Å². The Labute approximate surface area is 122 Å². The van der Waals surface area contributed by atoms with Crippen LogP contribution < -0.4 is 5.32 Å². The summed E-state index contributed by atoms with van der Waals surface area (Å²) in [6.45, 7) is 4.76. The fourth-order valence-electron chi connectivity index (χ4n) is 3.82. The van der Waals surface area contributed by atoms with Crippen LogP contribution >= 0.6 is 0 Å². The summed E-state index contributed by atoms with van der Waals surface area (Å²) in [6, 6.07) is 2.87. The van der Waals surface area contributed by atoms with Crippen molar-refractivity contribution < 1.29 is 0 Å². The number of aromatic nitrogens is 2. The smallest absolute Gasteiger partial charge is 0.0492 e. The number of hydrogen-bond donors (Lipinski definition) is 1. The summed E-state index contributed by atoms with van der Waals surface area (Å²) in [4.78, 5) is 2.64. The summed E-state index contributed by atoms with van der Waals surface area (Å²) in [5.41, 5.74) is 1.35. The molecule has 20 heavy (non-hydrogen) atoms. The van der Waals surface area contributed by atoms with Crippen molar-refractivity contribution in [3.8, 4) is 0 Å². The molecule has 1 aliphatic carbocycles. The summed E-state index contributed by atoms with van der Waals surface area (Å²) in [5, 5.41) is 8.02. The number of hydrogen-bond acceptors (Lipinski definition) is 3. The molecule has 1 unspecified atom stereocenters. The lowest BCUT2D eigenvalue weighted by atomic mass is 9.83. The second-order valence-corrected chi connectivity index (χ2v) is 6.46. The summed E-state index contributed by atoms with van der Waals surface area (Å²) in [6.07, 6.45) is 10.2. The van der Waals surface area contributed by atoms with Crippen LogP contribution in [0.1, 0.15) is 37.8 Å². The minimum absolute atomic E-state index is 0.732. The lowest BCUT2D eigenvalue weighted by Crippen LogP contribution is -2.54. The van der Waals surface area contributed by atoms with E-state index in [4.69, 9.17) is 0 Å². The Bertz CT molecular complexity index is 408. The summed E-state index contributed by atoms with van der Waals surface area (Å²) >= 11 is 0. The Morgan fingerprint density at radius 2 is 2.15 bits per heavy atom. The summed E-state index contributed by atoms with van der Waals surface area (Å²) in [5.74, 6) is 0.920. The lowest BCUT2D eigenvalue weighted by Gasteiger charge is -2.39. The summed E-state index contributed by atoms with van der Waals surface area (Å²) in [7, 11) is 2.04. The third-order valence-electron chi connectivity index (χ3n) is 5.11. The van der Waals surface area contributed by atoms with Gasteiger partial charge in [0.2, 0.25) is 0 Å². The van der Waals surface area contributed by atoms with E-state index in [-0.39, 0.29) is 0 Å². The van der Waals surface area contributed by atoms with E-state index in [1.54, 1.807) is 0 Å². The number of rotatable bonds is 4. The van der Waals surface area contributed by atoms with Crippen LogP contribution in [0.2, 0.25) is 0 Å². The van der Waals surface area contributed by atoms with Crippen molar-refractivity contribution in [2.75, 3.05) is 26.2 Å². The van der Waals surface area contributed by atoms with E-state index in [1.165, 1.54) is 57.4 Å². The largest absolute Gasteiger partial charge is 0.311 e. The predicted octanol–water partition coefficient (Wildman–Crippen LogP) is 1.82. The molecule has 0 spiro atoms. The van der Waals surface area contributed by atoms with E-state index in [0.29, 0.717) is 0 Å². The molecule has 2 fully saturated rings. The van der Waals surface area contributed by atoms with Crippen LogP contribution in [0.25, 0.3) is 0 Å². The Morgan fingerprint density at radius 3 is 2.90 bits per heavy atom. The fraction of sp³-hybridized carbons (Fsp3) is 0.812. The van der Waals surface area contributed by atoms with Gasteiger partial charge in [0.25, 0.3) is 0 Å². The molecule has 0 amide bonds. The molecule has 1 atom stereocenters. The molecule has 112 valence electrons. The highest BCUT2D eigenvalue weighted by Gasteiger charge is 2.27. The van der Waals surface area contributed by atoms with Gasteiger partial charge in [0, 0.05) is 57.6 Å². The third-order valence-corrected chi connectivity index (χ3v) is 5.11. The van der Waals surface area contributed by atoms with Gasteiger partial charge in [-0.2, -0.15) is 5.10 Å². The van der Waals surface area contributed by atoms with Crippen LogP contribution in [0.15, 0.2) is 12.3 Å². The van der Waals surface area contributed by atoms with Gasteiger partial charge in [0.05, 0.1) is 0 Å². The molecule has 2 aliphatic rings. The van der Waals surface area contributed by atoms with Crippen molar-refractivity contribution >= 4 is 0 Å². The molecular weight excluding hydrogens is 248 g/mol. The number of piperazine rings is 1. The molecular formula is C16H28N4. The quantitative estimate of drug-likeness (QED) is 0.910. The van der Waals surface area contributed by atoms with E-state index < -0.39 is 0 Å². The minimum atomic E-state index is 0.732. The Morgan fingerprint density at radius 1 is 1.30 bits per heavy atom. The second kappa shape index (κ2) is 6.72. The van der Waals surface area contributed by atoms with Crippen molar-refractivity contribution in [3.63, 3.8) is 0 Å². The minimum Gasteiger partial charge on any atom is -0.311 e. The molecule has 2 heterocycles. The van der Waals surface area contributed by atoms with Gasteiger partial charge in [0.1, 0.15) is 0 Å². The maximum absolute atomic E-state index is 4.25. The van der Waals surface area contributed by atoms with Gasteiger partial charge >= 0.3 is 0 Å². The van der Waals surface area contributed by atoms with Gasteiger partial charge < -0.3 is 10.2 Å². The van der Waals surface area contributed by atoms with Crippen molar-refractivity contribution in [3.05, 3.63) is 18.0 Å². The van der Waals surface area contributed by atoms with Gasteiger partial charge in [-0.3, -0.25) is 4.68 Å². The highest BCUT2D eigenvalue weighted by atomic mass is 15.3. The summed E-state index contributed by atoms with van der Waals surface area (Å²) < 4.78 is 2.00. The van der Waals surface area contributed by atoms with E-state index in [0.717, 1.165) is 24.9 Å². The van der Waals surface area contributed by atoms with E-state index >= 15 is 0 Å². The molecule has 0 radical (unpaired) electrons. The molecule has 1 aliphatic heterocycles. The zero-order valence-electron chi connectivity index (χ0n) is 12.7. The first kappa shape index (κ1) is 14.1. The molecule has 1 N–H and O–H groups in total. The Balaban J connectivity index is 1.49. The normalized spacial score (nSPS) is 25.9. The highest BCUT2D eigenvalue weighted by Crippen LogP contribution is 2.27. The van der Waals surface area contributed by atoms with Crippen LogP contribution in [0.3, 0.4) is 0 Å². The first-order chi connectivity index (χ1) is 9.83. The predicted molar refractivity (Wildman–Crippen MR) is 81.7 cm³/mol. The van der Waals surface area contributed by atoms with E-state index in [1.807, 2.05) is 17.9 Å². The van der Waals surface area contributed by atoms with Gasteiger partial charge in [-0.25, -0.2) is 0 Å². The van der Waals surface area contributed by atoms with Crippen LogP contribution in [0.5, 0.6) is 0 Å². The first-order valence-corrected chi connectivity index (χ1v) is 8.25. The van der Waals surface area contributed by atoms with Gasteiger partial charge in [0.15, 0.2) is 0 Å². The van der Waals surface area contributed by atoms with Gasteiger partial charge in [-0.1, -0.05) is 19.3 Å². The van der Waals surface area contributed by atoms with Crippen molar-refractivity contribution in [1.82, 2.24) is 20.0 Å².